The average molecular weight is 1180 g/mol. The fraction of sp³-hybridized carbons (Fsp3) is 0.773. The molecule has 2 unspecified atom stereocenters. The van der Waals surface area contributed by atoms with Crippen molar-refractivity contribution in [1.82, 2.24) is 0 Å². The highest BCUT2D eigenvalue weighted by atomic mass is 16.7. The van der Waals surface area contributed by atoms with E-state index >= 15 is 0 Å². The van der Waals surface area contributed by atoms with Gasteiger partial charge in [0.05, 0.1) is 34.4 Å². The first-order valence-electron chi connectivity index (χ1n) is 35.3. The van der Waals surface area contributed by atoms with Gasteiger partial charge in [-0.2, -0.15) is 0 Å². The van der Waals surface area contributed by atoms with Crippen LogP contribution in [0.4, 0.5) is 0 Å². The second kappa shape index (κ2) is 65.4. The van der Waals surface area contributed by atoms with Crippen molar-refractivity contribution in [3.63, 3.8) is 0 Å². The molecule has 0 aromatic rings. The quantitative estimate of drug-likeness (QED) is 0.0211. The Morgan fingerprint density at radius 2 is 0.679 bits per heavy atom. The molecule has 0 amide bonds. The number of hydrogen-bond donors (Lipinski definition) is 1. The molecule has 0 fully saturated rings. The van der Waals surface area contributed by atoms with E-state index in [-0.39, 0.29) is 32.2 Å². The Bertz CT molecular complexity index is 1650. The standard InChI is InChI=1S/C75H133NO8/c1-6-8-10-12-14-16-18-20-22-24-26-28-30-31-32-33-34-35-36-37-38-39-40-41-42-43-44-46-48-50-52-54-56-58-60-62-64-66-73(78)84-71(70-83-75(74(79)80)81-68-67-76(3,4)5)69-82-72(77)65-63-61-59-57-55-53-51-49-47-45-29-27-25-23-21-19-17-15-13-11-9-7-2/h8,10,14,16,20,22,26,28,31-32,34-35,37-38,71,75H,6-7,9,11-13,15,17-19,21,23-25,27,29-30,33,36,39-70H2,1-5H3/p+1/b10-8-,16-14-,22-20-,28-26-,32-31-,35-34-,38-37-. The van der Waals surface area contributed by atoms with E-state index in [2.05, 4.69) is 98.9 Å². The van der Waals surface area contributed by atoms with E-state index in [9.17, 15) is 19.5 Å². The summed E-state index contributed by atoms with van der Waals surface area (Å²) in [6.07, 6.45) is 85.5. The molecule has 0 saturated heterocycles. The smallest absolute Gasteiger partial charge is 0.361 e. The number of quaternary nitrogens is 1. The van der Waals surface area contributed by atoms with E-state index < -0.39 is 24.3 Å². The van der Waals surface area contributed by atoms with Gasteiger partial charge in [0.1, 0.15) is 13.2 Å². The molecular weight excluding hydrogens is 1040 g/mol. The number of likely N-dealkylation sites (N-methyl/N-ethyl adjacent to an activating group) is 1. The van der Waals surface area contributed by atoms with Crippen LogP contribution >= 0.6 is 0 Å². The predicted molar refractivity (Wildman–Crippen MR) is 359 cm³/mol. The van der Waals surface area contributed by atoms with Gasteiger partial charge in [-0.05, 0) is 70.6 Å². The van der Waals surface area contributed by atoms with E-state index in [1.54, 1.807) is 0 Å². The molecule has 0 aliphatic rings. The third-order valence-corrected chi connectivity index (χ3v) is 15.4. The molecule has 9 heteroatoms. The van der Waals surface area contributed by atoms with Gasteiger partial charge < -0.3 is 28.5 Å². The lowest BCUT2D eigenvalue weighted by Gasteiger charge is -2.25. The number of carbonyl (C=O) groups excluding carboxylic acids is 2. The van der Waals surface area contributed by atoms with Crippen LogP contribution in [0.3, 0.4) is 0 Å². The molecular formula is C75H134NO8+. The molecule has 0 bridgehead atoms. The van der Waals surface area contributed by atoms with Crippen LogP contribution in [0.25, 0.3) is 0 Å². The molecule has 0 aromatic heterocycles. The molecule has 0 saturated carbocycles. The summed E-state index contributed by atoms with van der Waals surface area (Å²) in [4.78, 5) is 37.6. The van der Waals surface area contributed by atoms with Crippen molar-refractivity contribution >= 4 is 17.9 Å². The first-order valence-corrected chi connectivity index (χ1v) is 35.3. The van der Waals surface area contributed by atoms with Gasteiger partial charge in [-0.25, -0.2) is 4.79 Å². The Kier molecular flexibility index (Phi) is 62.7. The summed E-state index contributed by atoms with van der Waals surface area (Å²) in [5, 5.41) is 9.74. The van der Waals surface area contributed by atoms with Crippen LogP contribution in [-0.2, 0) is 33.3 Å². The third-order valence-electron chi connectivity index (χ3n) is 15.4. The summed E-state index contributed by atoms with van der Waals surface area (Å²) in [6.45, 7) is 4.81. The lowest BCUT2D eigenvalue weighted by atomic mass is 10.0. The van der Waals surface area contributed by atoms with Gasteiger partial charge in [-0.3, -0.25) is 9.59 Å². The molecule has 0 spiro atoms. The zero-order valence-corrected chi connectivity index (χ0v) is 55.6. The highest BCUT2D eigenvalue weighted by Crippen LogP contribution is 2.18. The average Bonchev–Trinajstić information content (AvgIpc) is 3.55. The van der Waals surface area contributed by atoms with Crippen LogP contribution in [0.15, 0.2) is 85.1 Å². The number of carboxylic acid groups (broad SMARTS) is 1. The van der Waals surface area contributed by atoms with Crippen molar-refractivity contribution in [2.75, 3.05) is 47.5 Å². The summed E-state index contributed by atoms with van der Waals surface area (Å²) in [7, 11) is 5.98. The maximum absolute atomic E-state index is 12.9. The first kappa shape index (κ1) is 80.5. The minimum absolute atomic E-state index is 0.180. The molecule has 0 heterocycles. The van der Waals surface area contributed by atoms with E-state index in [0.717, 1.165) is 83.5 Å². The number of hydrogen-bond acceptors (Lipinski definition) is 7. The number of carboxylic acids is 1. The lowest BCUT2D eigenvalue weighted by molar-refractivity contribution is -0.870. The van der Waals surface area contributed by atoms with Crippen LogP contribution in [-0.4, -0.2) is 87.4 Å². The van der Waals surface area contributed by atoms with E-state index in [0.29, 0.717) is 17.4 Å². The third kappa shape index (κ3) is 66.0. The minimum atomic E-state index is -1.51. The van der Waals surface area contributed by atoms with Gasteiger partial charge in [0.25, 0.3) is 6.29 Å². The van der Waals surface area contributed by atoms with Gasteiger partial charge in [-0.15, -0.1) is 0 Å². The number of nitrogens with zero attached hydrogens (tertiary/aromatic N) is 1. The second-order valence-electron chi connectivity index (χ2n) is 24.8. The number of aliphatic carboxylic acids is 1. The number of ether oxygens (including phenoxy) is 4. The van der Waals surface area contributed by atoms with Crippen LogP contribution in [0, 0.1) is 0 Å². The first-order chi connectivity index (χ1) is 41.1. The zero-order valence-electron chi connectivity index (χ0n) is 55.6. The van der Waals surface area contributed by atoms with Crippen molar-refractivity contribution in [2.45, 2.75) is 328 Å². The molecule has 0 rings (SSSR count). The van der Waals surface area contributed by atoms with Crippen LogP contribution in [0.5, 0.6) is 0 Å². The number of esters is 2. The van der Waals surface area contributed by atoms with Gasteiger partial charge in [0.15, 0.2) is 6.10 Å². The van der Waals surface area contributed by atoms with E-state index in [1.165, 1.54) is 205 Å². The Morgan fingerprint density at radius 3 is 1.01 bits per heavy atom. The Morgan fingerprint density at radius 1 is 0.369 bits per heavy atom. The molecule has 486 valence electrons. The number of rotatable bonds is 65. The van der Waals surface area contributed by atoms with Gasteiger partial charge in [0, 0.05) is 12.8 Å². The van der Waals surface area contributed by atoms with Crippen molar-refractivity contribution in [2.24, 2.45) is 0 Å². The van der Waals surface area contributed by atoms with Crippen molar-refractivity contribution in [1.29, 1.82) is 0 Å². The number of allylic oxidation sites excluding steroid dienone is 14. The molecule has 84 heavy (non-hydrogen) atoms. The Labute approximate surface area is 519 Å². The summed E-state index contributed by atoms with van der Waals surface area (Å²) < 4.78 is 23.0. The maximum Gasteiger partial charge on any atom is 0.361 e. The largest absolute Gasteiger partial charge is 0.477 e. The van der Waals surface area contributed by atoms with Crippen molar-refractivity contribution < 1.29 is 42.9 Å². The summed E-state index contributed by atoms with van der Waals surface area (Å²) in [5.41, 5.74) is 0. The normalized spacial score (nSPS) is 13.2. The Balaban J connectivity index is 4.08. The molecule has 1 N–H and O–H groups in total. The molecule has 9 nitrogen and oxygen atoms in total. The summed E-state index contributed by atoms with van der Waals surface area (Å²) in [6, 6.07) is 0. The number of carbonyl (C=O) groups is 3. The van der Waals surface area contributed by atoms with Crippen molar-refractivity contribution in [3.05, 3.63) is 85.1 Å². The molecule has 0 aromatic carbocycles. The van der Waals surface area contributed by atoms with Crippen LogP contribution in [0.2, 0.25) is 0 Å². The van der Waals surface area contributed by atoms with Crippen LogP contribution in [0.1, 0.15) is 316 Å². The minimum Gasteiger partial charge on any atom is -0.477 e. The van der Waals surface area contributed by atoms with Gasteiger partial charge in [0.2, 0.25) is 0 Å². The maximum atomic E-state index is 12.9. The highest BCUT2D eigenvalue weighted by Gasteiger charge is 2.25. The monoisotopic (exact) mass is 1180 g/mol. The van der Waals surface area contributed by atoms with Crippen LogP contribution < -0.4 is 0 Å². The number of unbranched alkanes of at least 4 members (excludes halogenated alkanes) is 36. The van der Waals surface area contributed by atoms with Gasteiger partial charge in [-0.1, -0.05) is 317 Å². The SMILES string of the molecule is CC/C=C\C/C=C\C/C=C\C/C=C\C/C=C\C/C=C\C/C=C\CCCCCCCCCCCCCCCCCC(=O)OC(COC(=O)CCCCCCCCCCCCCCCCCCCCCCCC)COC(OCC[N+](C)(C)C)C(=O)O. The Hall–Kier alpha value is -3.53. The summed E-state index contributed by atoms with van der Waals surface area (Å²) in [5.74, 6) is -1.99. The fourth-order valence-electron chi connectivity index (χ4n) is 10.1. The van der Waals surface area contributed by atoms with E-state index in [4.69, 9.17) is 18.9 Å². The zero-order chi connectivity index (χ0) is 61.2. The second-order valence-corrected chi connectivity index (χ2v) is 24.8. The summed E-state index contributed by atoms with van der Waals surface area (Å²) >= 11 is 0. The van der Waals surface area contributed by atoms with Gasteiger partial charge >= 0.3 is 17.9 Å². The molecule has 0 aliphatic heterocycles. The lowest BCUT2D eigenvalue weighted by Crippen LogP contribution is -2.40. The molecule has 2 atom stereocenters. The molecule has 0 radical (unpaired) electrons. The van der Waals surface area contributed by atoms with E-state index in [1.807, 2.05) is 21.1 Å². The molecule has 0 aliphatic carbocycles. The topological polar surface area (TPSA) is 108 Å². The predicted octanol–water partition coefficient (Wildman–Crippen LogP) is 21.9. The highest BCUT2D eigenvalue weighted by molar-refractivity contribution is 5.71. The van der Waals surface area contributed by atoms with Crippen molar-refractivity contribution in [3.8, 4) is 0 Å². The fourth-order valence-corrected chi connectivity index (χ4v) is 10.1.